The predicted molar refractivity (Wildman–Crippen MR) is 186 cm³/mol. The van der Waals surface area contributed by atoms with Crippen LogP contribution >= 0.6 is 0 Å². The number of nitrogens with one attached hydrogen (secondary N) is 1. The molecule has 2 heterocycles. The molecule has 4 heteroatoms. The van der Waals surface area contributed by atoms with Crippen LogP contribution in [0.2, 0.25) is 0 Å². The number of benzene rings is 7. The average molecular weight is 578 g/mol. The largest absolute Gasteiger partial charge is 0.456 e. The highest BCUT2D eigenvalue weighted by atomic mass is 16.3. The summed E-state index contributed by atoms with van der Waals surface area (Å²) in [5, 5.41) is 10.6. The van der Waals surface area contributed by atoms with Crippen molar-refractivity contribution >= 4 is 55.2 Å². The van der Waals surface area contributed by atoms with E-state index in [9.17, 15) is 0 Å². The van der Waals surface area contributed by atoms with Crippen LogP contribution in [0.4, 0.5) is 0 Å². The molecule has 0 fully saturated rings. The van der Waals surface area contributed by atoms with Crippen molar-refractivity contribution < 1.29 is 4.42 Å². The van der Waals surface area contributed by atoms with Crippen LogP contribution in [-0.2, 0) is 0 Å². The summed E-state index contributed by atoms with van der Waals surface area (Å²) in [4.78, 5) is 10.4. The first-order valence-electron chi connectivity index (χ1n) is 15.2. The first-order valence-corrected chi connectivity index (χ1v) is 15.2. The van der Waals surface area contributed by atoms with E-state index in [4.69, 9.17) is 14.4 Å². The average Bonchev–Trinajstić information content (AvgIpc) is 3.51. The van der Waals surface area contributed by atoms with E-state index in [1.807, 2.05) is 24.3 Å². The molecular formula is C41H27N3O. The van der Waals surface area contributed by atoms with Gasteiger partial charge in [0, 0.05) is 21.9 Å². The molecule has 45 heavy (non-hydrogen) atoms. The molecule has 0 saturated carbocycles. The van der Waals surface area contributed by atoms with Crippen molar-refractivity contribution in [2.45, 2.75) is 6.17 Å². The Balaban J connectivity index is 1.23. The zero-order valence-corrected chi connectivity index (χ0v) is 24.3. The third kappa shape index (κ3) is 4.30. The second-order valence-electron chi connectivity index (χ2n) is 11.4. The lowest BCUT2D eigenvalue weighted by molar-refractivity contribution is 0.669. The summed E-state index contributed by atoms with van der Waals surface area (Å²) >= 11 is 0. The number of hydrogen-bond donors (Lipinski definition) is 1. The highest BCUT2D eigenvalue weighted by molar-refractivity contribution is 6.22. The van der Waals surface area contributed by atoms with Gasteiger partial charge in [0.2, 0.25) is 0 Å². The van der Waals surface area contributed by atoms with Gasteiger partial charge in [-0.1, -0.05) is 127 Å². The standard InChI is InChI=1S/C41H27N3O/c1-2-12-26(13-3-1)39-42-40(44-41(43-39)35-25-28-14-4-5-17-30(28)32-18-6-7-19-33(32)35)29-16-10-15-27(24-29)31-21-11-23-37-38(31)34-20-8-9-22-36(34)45-37/h1-25,39H,(H,42,43,44). The summed E-state index contributed by atoms with van der Waals surface area (Å²) < 4.78 is 6.20. The van der Waals surface area contributed by atoms with Crippen molar-refractivity contribution in [1.29, 1.82) is 0 Å². The van der Waals surface area contributed by atoms with E-state index in [-0.39, 0.29) is 6.17 Å². The fraction of sp³-hybridized carbons (Fsp3) is 0.0244. The van der Waals surface area contributed by atoms with Gasteiger partial charge >= 0.3 is 0 Å². The molecule has 1 aliphatic rings. The molecule has 0 radical (unpaired) electrons. The molecule has 0 bridgehead atoms. The van der Waals surface area contributed by atoms with Gasteiger partial charge in [-0.05, 0) is 62.5 Å². The molecule has 1 atom stereocenters. The first kappa shape index (κ1) is 25.5. The van der Waals surface area contributed by atoms with Gasteiger partial charge in [-0.3, -0.25) is 0 Å². The number of rotatable bonds is 4. The fourth-order valence-corrected chi connectivity index (χ4v) is 6.61. The van der Waals surface area contributed by atoms with Crippen LogP contribution in [0.15, 0.2) is 166 Å². The van der Waals surface area contributed by atoms with E-state index >= 15 is 0 Å². The van der Waals surface area contributed by atoms with Crippen molar-refractivity contribution in [2.75, 3.05) is 0 Å². The number of para-hydroxylation sites is 1. The third-order valence-electron chi connectivity index (χ3n) is 8.72. The summed E-state index contributed by atoms with van der Waals surface area (Å²) in [6.45, 7) is 0. The van der Waals surface area contributed by atoms with Crippen LogP contribution in [0.25, 0.3) is 54.6 Å². The van der Waals surface area contributed by atoms with Gasteiger partial charge in [-0.2, -0.15) is 0 Å². The lowest BCUT2D eigenvalue weighted by Crippen LogP contribution is -2.33. The highest BCUT2D eigenvalue weighted by Crippen LogP contribution is 2.37. The molecule has 0 amide bonds. The quantitative estimate of drug-likeness (QED) is 0.212. The minimum absolute atomic E-state index is 0.288. The molecule has 1 aliphatic heterocycles. The summed E-state index contributed by atoms with van der Waals surface area (Å²) in [5.41, 5.74) is 7.11. The van der Waals surface area contributed by atoms with Crippen molar-refractivity contribution in [1.82, 2.24) is 5.32 Å². The van der Waals surface area contributed by atoms with Crippen LogP contribution in [0.5, 0.6) is 0 Å². The summed E-state index contributed by atoms with van der Waals surface area (Å²) in [6.07, 6.45) is -0.288. The molecule has 1 unspecified atom stereocenters. The molecule has 9 rings (SSSR count). The van der Waals surface area contributed by atoms with Gasteiger partial charge < -0.3 is 9.73 Å². The van der Waals surface area contributed by atoms with Gasteiger partial charge in [0.1, 0.15) is 23.2 Å². The molecule has 212 valence electrons. The lowest BCUT2D eigenvalue weighted by atomic mass is 9.96. The monoisotopic (exact) mass is 577 g/mol. The van der Waals surface area contributed by atoms with Gasteiger partial charge in [-0.25, -0.2) is 9.98 Å². The van der Waals surface area contributed by atoms with E-state index in [1.165, 1.54) is 16.2 Å². The molecule has 1 N–H and O–H groups in total. The van der Waals surface area contributed by atoms with Crippen LogP contribution in [0.3, 0.4) is 0 Å². The minimum atomic E-state index is -0.288. The van der Waals surface area contributed by atoms with Crippen LogP contribution < -0.4 is 5.32 Å². The van der Waals surface area contributed by atoms with E-state index in [1.54, 1.807) is 0 Å². The number of furan rings is 1. The molecule has 0 saturated heterocycles. The smallest absolute Gasteiger partial charge is 0.160 e. The topological polar surface area (TPSA) is 49.9 Å². The van der Waals surface area contributed by atoms with Crippen LogP contribution in [-0.4, -0.2) is 11.7 Å². The maximum atomic E-state index is 6.20. The molecule has 0 aliphatic carbocycles. The Hall–Kier alpha value is -6.00. The lowest BCUT2D eigenvalue weighted by Gasteiger charge is -2.24. The Morgan fingerprint density at radius 1 is 0.511 bits per heavy atom. The summed E-state index contributed by atoms with van der Waals surface area (Å²) in [7, 11) is 0. The SMILES string of the molecule is c1ccc(C2N=C(c3cc4ccccc4c4ccccc34)N=C(c3cccc(-c4cccc5oc6ccccc6c45)c3)N2)cc1. The van der Waals surface area contributed by atoms with E-state index in [0.717, 1.165) is 61.0 Å². The maximum absolute atomic E-state index is 6.20. The Kier molecular flexibility index (Phi) is 5.85. The Morgan fingerprint density at radius 2 is 1.20 bits per heavy atom. The second-order valence-corrected chi connectivity index (χ2v) is 11.4. The maximum Gasteiger partial charge on any atom is 0.160 e. The Labute approximate surface area is 260 Å². The van der Waals surface area contributed by atoms with Crippen molar-refractivity contribution in [2.24, 2.45) is 9.98 Å². The number of nitrogens with zero attached hydrogens (tertiary/aromatic N) is 2. The van der Waals surface area contributed by atoms with E-state index in [2.05, 4.69) is 133 Å². The Morgan fingerprint density at radius 3 is 2.09 bits per heavy atom. The number of hydrogen-bond acceptors (Lipinski definition) is 4. The first-order chi connectivity index (χ1) is 22.3. The van der Waals surface area contributed by atoms with Crippen molar-refractivity contribution in [3.05, 3.63) is 168 Å². The van der Waals surface area contributed by atoms with Gasteiger partial charge in [-0.15, -0.1) is 0 Å². The fourth-order valence-electron chi connectivity index (χ4n) is 6.61. The van der Waals surface area contributed by atoms with Crippen molar-refractivity contribution in [3.63, 3.8) is 0 Å². The molecule has 7 aromatic carbocycles. The zero-order valence-electron chi connectivity index (χ0n) is 24.3. The van der Waals surface area contributed by atoms with Gasteiger partial charge in [0.15, 0.2) is 5.84 Å². The minimum Gasteiger partial charge on any atom is -0.456 e. The Bertz CT molecular complexity index is 2470. The van der Waals surface area contributed by atoms with E-state index < -0.39 is 0 Å². The van der Waals surface area contributed by atoms with Gasteiger partial charge in [0.25, 0.3) is 0 Å². The number of amidine groups is 2. The van der Waals surface area contributed by atoms with Crippen LogP contribution in [0, 0.1) is 0 Å². The normalized spacial score (nSPS) is 14.9. The van der Waals surface area contributed by atoms with Crippen LogP contribution in [0.1, 0.15) is 22.9 Å². The molecule has 4 nitrogen and oxygen atoms in total. The predicted octanol–water partition coefficient (Wildman–Crippen LogP) is 10.1. The number of aliphatic imine (C=N–C) groups is 2. The molecular weight excluding hydrogens is 550 g/mol. The summed E-state index contributed by atoms with van der Waals surface area (Å²) in [6, 6.07) is 52.7. The highest BCUT2D eigenvalue weighted by Gasteiger charge is 2.23. The number of fused-ring (bicyclic) bond motifs is 6. The summed E-state index contributed by atoms with van der Waals surface area (Å²) in [5.74, 6) is 1.50. The van der Waals surface area contributed by atoms with Crippen molar-refractivity contribution in [3.8, 4) is 11.1 Å². The zero-order chi connectivity index (χ0) is 29.7. The molecule has 1 aromatic heterocycles. The third-order valence-corrected chi connectivity index (χ3v) is 8.72. The molecule has 8 aromatic rings. The second kappa shape index (κ2) is 10.3. The van der Waals surface area contributed by atoms with Gasteiger partial charge in [0.05, 0.1) is 0 Å². The molecule has 0 spiro atoms. The van der Waals surface area contributed by atoms with E-state index in [0.29, 0.717) is 5.84 Å².